The first-order valence-corrected chi connectivity index (χ1v) is 6.99. The molecule has 6 heteroatoms. The minimum atomic E-state index is -3.46. The van der Waals surface area contributed by atoms with Gasteiger partial charge in [0.1, 0.15) is 5.15 Å². The number of rotatable bonds is 4. The minimum Gasteiger partial charge on any atom is -0.244 e. The maximum atomic E-state index is 11.9. The zero-order valence-corrected chi connectivity index (χ0v) is 10.4. The predicted molar refractivity (Wildman–Crippen MR) is 61.8 cm³/mol. The number of nitrogens with one attached hydrogen (secondary N) is 1. The molecule has 4 nitrogen and oxygen atoms in total. The van der Waals surface area contributed by atoms with Gasteiger partial charge in [0.15, 0.2) is 0 Å². The Balaban J connectivity index is 2.17. The van der Waals surface area contributed by atoms with Crippen molar-refractivity contribution in [2.45, 2.75) is 30.7 Å². The highest BCUT2D eigenvalue weighted by Crippen LogP contribution is 2.33. The van der Waals surface area contributed by atoms with Crippen LogP contribution < -0.4 is 4.72 Å². The summed E-state index contributed by atoms with van der Waals surface area (Å²) >= 11 is 5.66. The fourth-order valence-electron chi connectivity index (χ4n) is 1.56. The molecule has 1 N–H and O–H groups in total. The van der Waals surface area contributed by atoms with Crippen molar-refractivity contribution in [2.24, 2.45) is 5.92 Å². The molecule has 1 unspecified atom stereocenters. The van der Waals surface area contributed by atoms with Crippen molar-refractivity contribution in [3.8, 4) is 0 Å². The average Bonchev–Trinajstić information content (AvgIpc) is 3.00. The van der Waals surface area contributed by atoms with Crippen LogP contribution in [0.3, 0.4) is 0 Å². The van der Waals surface area contributed by atoms with Gasteiger partial charge in [-0.05, 0) is 37.8 Å². The van der Waals surface area contributed by atoms with Gasteiger partial charge in [-0.15, -0.1) is 0 Å². The number of pyridine rings is 1. The Bertz CT molecular complexity index is 485. The number of nitrogens with zero attached hydrogens (tertiary/aromatic N) is 1. The Hall–Kier alpha value is -0.650. The summed E-state index contributed by atoms with van der Waals surface area (Å²) in [5.41, 5.74) is 0. The van der Waals surface area contributed by atoms with Crippen LogP contribution in [0.15, 0.2) is 23.2 Å². The van der Waals surface area contributed by atoms with Gasteiger partial charge in [-0.1, -0.05) is 11.6 Å². The maximum Gasteiger partial charge on any atom is 0.240 e. The summed E-state index contributed by atoms with van der Waals surface area (Å²) in [7, 11) is -3.46. The van der Waals surface area contributed by atoms with Crippen molar-refractivity contribution >= 4 is 21.6 Å². The van der Waals surface area contributed by atoms with Crippen molar-refractivity contribution in [1.82, 2.24) is 9.71 Å². The Kier molecular flexibility index (Phi) is 3.19. The van der Waals surface area contributed by atoms with Crippen LogP contribution >= 0.6 is 11.6 Å². The maximum absolute atomic E-state index is 11.9. The monoisotopic (exact) mass is 260 g/mol. The van der Waals surface area contributed by atoms with E-state index in [4.69, 9.17) is 11.6 Å². The number of halogens is 1. The Morgan fingerprint density at radius 1 is 1.56 bits per heavy atom. The lowest BCUT2D eigenvalue weighted by atomic mass is 10.2. The van der Waals surface area contributed by atoms with E-state index in [1.807, 2.05) is 6.92 Å². The largest absolute Gasteiger partial charge is 0.244 e. The van der Waals surface area contributed by atoms with E-state index >= 15 is 0 Å². The van der Waals surface area contributed by atoms with Gasteiger partial charge >= 0.3 is 0 Å². The van der Waals surface area contributed by atoms with Gasteiger partial charge < -0.3 is 0 Å². The molecule has 88 valence electrons. The highest BCUT2D eigenvalue weighted by atomic mass is 35.5. The molecule has 1 saturated carbocycles. The van der Waals surface area contributed by atoms with Crippen LogP contribution in [0.25, 0.3) is 0 Å². The van der Waals surface area contributed by atoms with E-state index in [0.29, 0.717) is 5.92 Å². The molecular formula is C10H13ClN2O2S. The van der Waals surface area contributed by atoms with Crippen molar-refractivity contribution < 1.29 is 8.42 Å². The molecular weight excluding hydrogens is 248 g/mol. The fraction of sp³-hybridized carbons (Fsp3) is 0.500. The molecule has 0 bridgehead atoms. The molecule has 1 aromatic heterocycles. The van der Waals surface area contributed by atoms with E-state index < -0.39 is 10.0 Å². The van der Waals surface area contributed by atoms with Crippen molar-refractivity contribution in [1.29, 1.82) is 0 Å². The zero-order valence-electron chi connectivity index (χ0n) is 8.85. The molecule has 1 atom stereocenters. The second kappa shape index (κ2) is 4.31. The molecule has 16 heavy (non-hydrogen) atoms. The molecule has 0 saturated heterocycles. The first-order valence-electron chi connectivity index (χ1n) is 5.13. The minimum absolute atomic E-state index is 0.0167. The van der Waals surface area contributed by atoms with Crippen LogP contribution in [0.1, 0.15) is 19.8 Å². The number of aromatic nitrogens is 1. The van der Waals surface area contributed by atoms with Crippen molar-refractivity contribution in [3.63, 3.8) is 0 Å². The first kappa shape index (κ1) is 11.8. The number of hydrogen-bond donors (Lipinski definition) is 1. The second-order valence-electron chi connectivity index (χ2n) is 4.06. The van der Waals surface area contributed by atoms with Crippen LogP contribution in [0.4, 0.5) is 0 Å². The lowest BCUT2D eigenvalue weighted by Crippen LogP contribution is -2.34. The first-order chi connectivity index (χ1) is 7.49. The summed E-state index contributed by atoms with van der Waals surface area (Å²) in [5.74, 6) is 0.479. The van der Waals surface area contributed by atoms with E-state index in [2.05, 4.69) is 9.71 Å². The molecule has 0 radical (unpaired) electrons. The van der Waals surface area contributed by atoms with Crippen LogP contribution in [-0.4, -0.2) is 19.4 Å². The summed E-state index contributed by atoms with van der Waals surface area (Å²) in [6, 6.07) is 2.77. The molecule has 0 aliphatic heterocycles. The quantitative estimate of drug-likeness (QED) is 0.840. The van der Waals surface area contributed by atoms with E-state index in [1.54, 1.807) is 0 Å². The molecule has 0 aromatic carbocycles. The van der Waals surface area contributed by atoms with Gasteiger partial charge in [-0.3, -0.25) is 0 Å². The third-order valence-electron chi connectivity index (χ3n) is 2.68. The Labute approximate surface area is 100 Å². The molecule has 1 fully saturated rings. The van der Waals surface area contributed by atoms with E-state index in [9.17, 15) is 8.42 Å². The Morgan fingerprint density at radius 2 is 2.25 bits per heavy atom. The summed E-state index contributed by atoms with van der Waals surface area (Å²) in [6.45, 7) is 1.89. The average molecular weight is 261 g/mol. The third-order valence-corrected chi connectivity index (χ3v) is 4.44. The Morgan fingerprint density at radius 3 is 2.81 bits per heavy atom. The third kappa shape index (κ3) is 2.72. The SMILES string of the molecule is CC(NS(=O)(=O)c1ccnc(Cl)c1)C1CC1. The number of sulfonamides is 1. The standard InChI is InChI=1S/C10H13ClN2O2S/c1-7(8-2-3-8)13-16(14,15)9-4-5-12-10(11)6-9/h4-8,13H,2-3H2,1H3. The summed E-state index contributed by atoms with van der Waals surface area (Å²) in [4.78, 5) is 3.92. The van der Waals surface area contributed by atoms with E-state index in [0.717, 1.165) is 12.8 Å². The fourth-order valence-corrected chi connectivity index (χ4v) is 3.12. The van der Waals surface area contributed by atoms with Crippen molar-refractivity contribution in [2.75, 3.05) is 0 Å². The highest BCUT2D eigenvalue weighted by molar-refractivity contribution is 7.89. The summed E-state index contributed by atoms with van der Waals surface area (Å²) in [5, 5.41) is 0.182. The predicted octanol–water partition coefficient (Wildman–Crippen LogP) is 1.81. The smallest absolute Gasteiger partial charge is 0.240 e. The molecule has 0 amide bonds. The zero-order chi connectivity index (χ0) is 11.8. The molecule has 1 aliphatic carbocycles. The van der Waals surface area contributed by atoms with Crippen molar-refractivity contribution in [3.05, 3.63) is 23.5 Å². The molecule has 1 aliphatic rings. The molecule has 2 rings (SSSR count). The lowest BCUT2D eigenvalue weighted by Gasteiger charge is -2.13. The van der Waals surface area contributed by atoms with Gasteiger partial charge in [0.2, 0.25) is 10.0 Å². The van der Waals surface area contributed by atoms with Gasteiger partial charge in [-0.25, -0.2) is 18.1 Å². The summed E-state index contributed by atoms with van der Waals surface area (Å²) < 4.78 is 26.5. The topological polar surface area (TPSA) is 59.1 Å². The van der Waals surface area contributed by atoms with Crippen LogP contribution in [0.2, 0.25) is 5.15 Å². The van der Waals surface area contributed by atoms with Gasteiger partial charge in [0.05, 0.1) is 4.90 Å². The molecule has 1 heterocycles. The van der Waals surface area contributed by atoms with Gasteiger partial charge in [-0.2, -0.15) is 0 Å². The van der Waals surface area contributed by atoms with Crippen LogP contribution in [0, 0.1) is 5.92 Å². The van der Waals surface area contributed by atoms with Gasteiger partial charge in [0.25, 0.3) is 0 Å². The molecule has 1 aromatic rings. The lowest BCUT2D eigenvalue weighted by molar-refractivity contribution is 0.538. The molecule has 0 spiro atoms. The second-order valence-corrected chi connectivity index (χ2v) is 6.16. The van der Waals surface area contributed by atoms with Gasteiger partial charge in [0, 0.05) is 12.2 Å². The normalized spacial score (nSPS) is 18.4. The highest BCUT2D eigenvalue weighted by Gasteiger charge is 2.31. The van der Waals surface area contributed by atoms with E-state index in [-0.39, 0.29) is 16.1 Å². The number of hydrogen-bond acceptors (Lipinski definition) is 3. The van der Waals surface area contributed by atoms with E-state index in [1.165, 1.54) is 18.3 Å². The van der Waals surface area contributed by atoms with Crippen LogP contribution in [0.5, 0.6) is 0 Å². The summed E-state index contributed by atoms with van der Waals surface area (Å²) in [6.07, 6.45) is 3.58. The van der Waals surface area contributed by atoms with Crippen LogP contribution in [-0.2, 0) is 10.0 Å².